The van der Waals surface area contributed by atoms with Gasteiger partial charge in [-0.25, -0.2) is 4.90 Å². The molecule has 2 heterocycles. The average Bonchev–Trinajstić information content (AvgIpc) is 3.12. The Bertz CT molecular complexity index is 941. The molecule has 0 radical (unpaired) electrons. The van der Waals surface area contributed by atoms with Crippen LogP contribution >= 0.6 is 24.0 Å². The Hall–Kier alpha value is -2.52. The number of esters is 1. The van der Waals surface area contributed by atoms with Crippen molar-refractivity contribution in [3.8, 4) is 0 Å². The van der Waals surface area contributed by atoms with Crippen molar-refractivity contribution in [3.05, 3.63) is 34.7 Å². The highest BCUT2D eigenvalue weighted by atomic mass is 32.2. The SMILES string of the molecule is CCCCOC(=O)CCN1C(=O)C(=C2C(=O)N(C(C)=O)c3ccccc32)SC1=S. The molecule has 0 saturated carbocycles. The molecule has 0 atom stereocenters. The van der Waals surface area contributed by atoms with Crippen LogP contribution in [0.1, 0.15) is 38.7 Å². The summed E-state index contributed by atoms with van der Waals surface area (Å²) in [4.78, 5) is 52.2. The topological polar surface area (TPSA) is 84.0 Å². The largest absolute Gasteiger partial charge is 0.466 e. The van der Waals surface area contributed by atoms with Crippen molar-refractivity contribution in [2.75, 3.05) is 18.1 Å². The van der Waals surface area contributed by atoms with Crippen molar-refractivity contribution in [3.63, 3.8) is 0 Å². The lowest BCUT2D eigenvalue weighted by atomic mass is 10.1. The third kappa shape index (κ3) is 4.11. The maximum atomic E-state index is 13.0. The molecule has 9 heteroatoms. The molecule has 0 unspecified atom stereocenters. The van der Waals surface area contributed by atoms with Crippen molar-refractivity contribution in [2.45, 2.75) is 33.1 Å². The monoisotopic (exact) mass is 432 g/mol. The van der Waals surface area contributed by atoms with E-state index in [0.717, 1.165) is 29.5 Å². The Morgan fingerprint density at radius 2 is 1.90 bits per heavy atom. The normalized spacial score (nSPS) is 18.5. The van der Waals surface area contributed by atoms with E-state index < -0.39 is 23.7 Å². The van der Waals surface area contributed by atoms with Crippen LogP contribution in [0.4, 0.5) is 5.69 Å². The summed E-state index contributed by atoms with van der Waals surface area (Å²) in [7, 11) is 0. The zero-order chi connectivity index (χ0) is 21.1. The molecule has 2 aliphatic heterocycles. The number of hydrogen-bond acceptors (Lipinski definition) is 7. The first-order chi connectivity index (χ1) is 13.9. The van der Waals surface area contributed by atoms with Gasteiger partial charge >= 0.3 is 5.97 Å². The summed E-state index contributed by atoms with van der Waals surface area (Å²) < 4.78 is 5.37. The van der Waals surface area contributed by atoms with Crippen molar-refractivity contribution in [2.24, 2.45) is 0 Å². The number of unbranched alkanes of at least 4 members (excludes halogenated alkanes) is 1. The number of amides is 3. The second-order valence-electron chi connectivity index (χ2n) is 6.53. The minimum Gasteiger partial charge on any atom is -0.466 e. The third-order valence-electron chi connectivity index (χ3n) is 4.52. The number of ether oxygens (including phenoxy) is 1. The number of rotatable bonds is 6. The molecule has 3 amide bonds. The number of hydrogen-bond donors (Lipinski definition) is 0. The highest BCUT2D eigenvalue weighted by molar-refractivity contribution is 8.26. The molecule has 1 fully saturated rings. The summed E-state index contributed by atoms with van der Waals surface area (Å²) in [6, 6.07) is 6.82. The van der Waals surface area contributed by atoms with Crippen molar-refractivity contribution in [1.29, 1.82) is 0 Å². The number of para-hydroxylation sites is 1. The van der Waals surface area contributed by atoms with E-state index in [1.165, 1.54) is 11.8 Å². The van der Waals surface area contributed by atoms with Gasteiger partial charge in [-0.2, -0.15) is 0 Å². The van der Waals surface area contributed by atoms with Gasteiger partial charge in [0.15, 0.2) is 0 Å². The van der Waals surface area contributed by atoms with E-state index in [1.807, 2.05) is 6.92 Å². The summed E-state index contributed by atoms with van der Waals surface area (Å²) in [5.41, 5.74) is 1.14. The summed E-state index contributed by atoms with van der Waals surface area (Å²) in [6.45, 7) is 3.73. The van der Waals surface area contributed by atoms with Gasteiger partial charge in [-0.15, -0.1) is 0 Å². The van der Waals surface area contributed by atoms with E-state index in [0.29, 0.717) is 17.9 Å². The second-order valence-corrected chi connectivity index (χ2v) is 8.17. The van der Waals surface area contributed by atoms with Crippen LogP contribution in [0.15, 0.2) is 29.2 Å². The lowest BCUT2D eigenvalue weighted by Crippen LogP contribution is -2.32. The molecule has 7 nitrogen and oxygen atoms in total. The lowest BCUT2D eigenvalue weighted by Gasteiger charge is -2.14. The number of carbonyl (C=O) groups excluding carboxylic acids is 4. The summed E-state index contributed by atoms with van der Waals surface area (Å²) >= 11 is 6.31. The number of thiocarbonyl (C=S) groups is 1. The highest BCUT2D eigenvalue weighted by Crippen LogP contribution is 2.44. The van der Waals surface area contributed by atoms with Crippen LogP contribution in [0, 0.1) is 0 Å². The molecule has 1 aromatic carbocycles. The lowest BCUT2D eigenvalue weighted by molar-refractivity contribution is -0.144. The number of fused-ring (bicyclic) bond motifs is 1. The van der Waals surface area contributed by atoms with Gasteiger partial charge in [0, 0.05) is 19.0 Å². The predicted molar refractivity (Wildman–Crippen MR) is 114 cm³/mol. The minimum absolute atomic E-state index is 0.0167. The molecular formula is C20H20N2O5S2. The molecule has 29 heavy (non-hydrogen) atoms. The van der Waals surface area contributed by atoms with Gasteiger partial charge in [-0.3, -0.25) is 24.1 Å². The Morgan fingerprint density at radius 1 is 1.17 bits per heavy atom. The zero-order valence-electron chi connectivity index (χ0n) is 16.1. The fraction of sp³-hybridized carbons (Fsp3) is 0.350. The van der Waals surface area contributed by atoms with Gasteiger partial charge in [0.2, 0.25) is 5.91 Å². The molecule has 0 spiro atoms. The van der Waals surface area contributed by atoms with Crippen LogP contribution in [0.2, 0.25) is 0 Å². The van der Waals surface area contributed by atoms with E-state index in [9.17, 15) is 19.2 Å². The molecule has 2 aliphatic rings. The Kier molecular flexibility index (Phi) is 6.49. The predicted octanol–water partition coefficient (Wildman–Crippen LogP) is 2.88. The van der Waals surface area contributed by atoms with Crippen molar-refractivity contribution < 1.29 is 23.9 Å². The van der Waals surface area contributed by atoms with E-state index >= 15 is 0 Å². The fourth-order valence-electron chi connectivity index (χ4n) is 3.10. The summed E-state index contributed by atoms with van der Waals surface area (Å²) in [5, 5.41) is 0. The molecule has 0 aliphatic carbocycles. The number of thioether (sulfide) groups is 1. The van der Waals surface area contributed by atoms with Crippen LogP contribution in [0.5, 0.6) is 0 Å². The van der Waals surface area contributed by atoms with Crippen LogP contribution in [-0.2, 0) is 23.9 Å². The van der Waals surface area contributed by atoms with Crippen LogP contribution in [-0.4, -0.2) is 46.1 Å². The van der Waals surface area contributed by atoms with Gasteiger partial charge in [0.1, 0.15) is 4.32 Å². The molecule has 1 aromatic rings. The maximum absolute atomic E-state index is 13.0. The third-order valence-corrected chi connectivity index (χ3v) is 5.97. The molecule has 1 saturated heterocycles. The van der Waals surface area contributed by atoms with Crippen LogP contribution in [0.3, 0.4) is 0 Å². The molecule has 0 bridgehead atoms. The van der Waals surface area contributed by atoms with Gasteiger partial charge in [-0.1, -0.05) is 55.5 Å². The standard InChI is InChI=1S/C20H20N2O5S2/c1-3-4-11-27-15(24)9-10-21-19(26)17(29-20(21)28)16-13-7-5-6-8-14(13)22(12(2)23)18(16)25/h5-8H,3-4,9-11H2,1-2H3. The molecule has 152 valence electrons. The molecule has 0 aromatic heterocycles. The fourth-order valence-corrected chi connectivity index (χ4v) is 4.48. The smallest absolute Gasteiger partial charge is 0.307 e. The number of carbonyl (C=O) groups is 4. The van der Waals surface area contributed by atoms with E-state index in [2.05, 4.69) is 0 Å². The maximum Gasteiger partial charge on any atom is 0.307 e. The van der Waals surface area contributed by atoms with Gasteiger partial charge < -0.3 is 4.74 Å². The number of anilines is 1. The summed E-state index contributed by atoms with van der Waals surface area (Å²) in [5.74, 6) is -1.81. The first kappa shape index (κ1) is 21.2. The first-order valence-corrected chi connectivity index (χ1v) is 10.5. The van der Waals surface area contributed by atoms with Gasteiger partial charge in [0.05, 0.1) is 29.2 Å². The van der Waals surface area contributed by atoms with Gasteiger partial charge in [-0.05, 0) is 12.5 Å². The zero-order valence-corrected chi connectivity index (χ0v) is 17.7. The summed E-state index contributed by atoms with van der Waals surface area (Å²) in [6.07, 6.45) is 1.72. The van der Waals surface area contributed by atoms with E-state index in [1.54, 1.807) is 24.3 Å². The van der Waals surface area contributed by atoms with Crippen LogP contribution < -0.4 is 4.90 Å². The van der Waals surface area contributed by atoms with Gasteiger partial charge in [0.25, 0.3) is 11.8 Å². The first-order valence-electron chi connectivity index (χ1n) is 9.24. The number of imide groups is 1. The number of nitrogens with zero attached hydrogens (tertiary/aromatic N) is 2. The van der Waals surface area contributed by atoms with Crippen molar-refractivity contribution >= 4 is 63.3 Å². The Labute approximate surface area is 178 Å². The Balaban J connectivity index is 1.83. The molecule has 3 rings (SSSR count). The number of benzene rings is 1. The van der Waals surface area contributed by atoms with Crippen LogP contribution in [0.25, 0.3) is 5.57 Å². The van der Waals surface area contributed by atoms with E-state index in [4.69, 9.17) is 17.0 Å². The highest BCUT2D eigenvalue weighted by Gasteiger charge is 2.43. The minimum atomic E-state index is -0.543. The van der Waals surface area contributed by atoms with Crippen molar-refractivity contribution in [1.82, 2.24) is 4.90 Å². The second kappa shape index (κ2) is 8.87. The Morgan fingerprint density at radius 3 is 2.59 bits per heavy atom. The van der Waals surface area contributed by atoms with E-state index in [-0.39, 0.29) is 27.8 Å². The quantitative estimate of drug-likeness (QED) is 0.296. The average molecular weight is 433 g/mol. The molecular weight excluding hydrogens is 412 g/mol. The molecule has 0 N–H and O–H groups in total.